The van der Waals surface area contributed by atoms with Crippen LogP contribution in [0, 0.1) is 11.8 Å². The lowest BCUT2D eigenvalue weighted by molar-refractivity contribution is 0.544. The van der Waals surface area contributed by atoms with Crippen molar-refractivity contribution in [2.75, 3.05) is 18.0 Å². The number of nitrogens with two attached hydrogens (primary N) is 1. The number of aromatic nitrogens is 2. The van der Waals surface area contributed by atoms with Crippen molar-refractivity contribution >= 4 is 5.95 Å². The van der Waals surface area contributed by atoms with E-state index in [0.717, 1.165) is 24.6 Å². The molecule has 4 nitrogen and oxygen atoms in total. The first-order valence-corrected chi connectivity index (χ1v) is 6.28. The zero-order chi connectivity index (χ0) is 12.8. The molecule has 0 atom stereocenters. The molecule has 17 heavy (non-hydrogen) atoms. The summed E-state index contributed by atoms with van der Waals surface area (Å²) in [6.07, 6.45) is 3.63. The van der Waals surface area contributed by atoms with E-state index < -0.39 is 0 Å². The van der Waals surface area contributed by atoms with Crippen molar-refractivity contribution in [1.82, 2.24) is 9.97 Å². The van der Waals surface area contributed by atoms with Crippen molar-refractivity contribution in [2.24, 2.45) is 17.6 Å². The number of anilines is 1. The summed E-state index contributed by atoms with van der Waals surface area (Å²) in [5.41, 5.74) is 6.52. The molecule has 0 aliphatic carbocycles. The van der Waals surface area contributed by atoms with Crippen molar-refractivity contribution < 1.29 is 0 Å². The van der Waals surface area contributed by atoms with Gasteiger partial charge >= 0.3 is 0 Å². The van der Waals surface area contributed by atoms with E-state index in [1.54, 1.807) is 0 Å². The van der Waals surface area contributed by atoms with Crippen LogP contribution in [0.25, 0.3) is 0 Å². The summed E-state index contributed by atoms with van der Waals surface area (Å²) in [7, 11) is 0. The van der Waals surface area contributed by atoms with Gasteiger partial charge in [0.15, 0.2) is 0 Å². The lowest BCUT2D eigenvalue weighted by Gasteiger charge is -2.26. The van der Waals surface area contributed by atoms with Gasteiger partial charge < -0.3 is 10.6 Å². The van der Waals surface area contributed by atoms with Gasteiger partial charge in [-0.1, -0.05) is 27.7 Å². The first-order valence-electron chi connectivity index (χ1n) is 6.28. The van der Waals surface area contributed by atoms with Gasteiger partial charge in [0.05, 0.1) is 0 Å². The van der Waals surface area contributed by atoms with E-state index in [4.69, 9.17) is 5.73 Å². The van der Waals surface area contributed by atoms with Crippen LogP contribution in [0.5, 0.6) is 0 Å². The summed E-state index contributed by atoms with van der Waals surface area (Å²) in [5.74, 6) is 2.02. The van der Waals surface area contributed by atoms with E-state index in [-0.39, 0.29) is 0 Å². The Labute approximate surface area is 104 Å². The molecule has 0 amide bonds. The van der Waals surface area contributed by atoms with Crippen LogP contribution in [0.3, 0.4) is 0 Å². The Hall–Kier alpha value is -1.16. The highest BCUT2D eigenvalue weighted by atomic mass is 15.2. The zero-order valence-corrected chi connectivity index (χ0v) is 11.3. The highest BCUT2D eigenvalue weighted by molar-refractivity contribution is 5.30. The molecule has 0 aromatic carbocycles. The molecule has 0 aliphatic heterocycles. The second-order valence-electron chi connectivity index (χ2n) is 5.29. The van der Waals surface area contributed by atoms with Crippen LogP contribution in [-0.2, 0) is 6.54 Å². The third-order valence-electron chi connectivity index (χ3n) is 2.38. The topological polar surface area (TPSA) is 55.0 Å². The molecule has 0 saturated heterocycles. The maximum atomic E-state index is 5.54. The van der Waals surface area contributed by atoms with E-state index in [2.05, 4.69) is 42.6 Å². The molecule has 0 spiro atoms. The fourth-order valence-electron chi connectivity index (χ4n) is 1.74. The number of hydrogen-bond acceptors (Lipinski definition) is 4. The average molecular weight is 236 g/mol. The molecule has 1 heterocycles. The number of nitrogens with zero attached hydrogens (tertiary/aromatic N) is 3. The van der Waals surface area contributed by atoms with E-state index in [1.807, 2.05) is 12.4 Å². The Morgan fingerprint density at radius 3 is 1.88 bits per heavy atom. The molecule has 0 aliphatic rings. The van der Waals surface area contributed by atoms with E-state index in [9.17, 15) is 0 Å². The van der Waals surface area contributed by atoms with Crippen LogP contribution < -0.4 is 10.6 Å². The van der Waals surface area contributed by atoms with Gasteiger partial charge in [0.1, 0.15) is 0 Å². The SMILES string of the molecule is CC(C)CN(CC(C)C)c1ncc(CN)cn1. The first-order chi connectivity index (χ1) is 8.02. The summed E-state index contributed by atoms with van der Waals surface area (Å²) in [6, 6.07) is 0. The number of rotatable bonds is 6. The predicted octanol–water partition coefficient (Wildman–Crippen LogP) is 2.05. The molecule has 0 fully saturated rings. The summed E-state index contributed by atoms with van der Waals surface area (Å²) < 4.78 is 0. The van der Waals surface area contributed by atoms with Crippen molar-refractivity contribution in [3.05, 3.63) is 18.0 Å². The van der Waals surface area contributed by atoms with Crippen molar-refractivity contribution in [3.8, 4) is 0 Å². The van der Waals surface area contributed by atoms with Gasteiger partial charge in [0, 0.05) is 37.6 Å². The normalized spacial score (nSPS) is 11.2. The fraction of sp³-hybridized carbons (Fsp3) is 0.692. The Morgan fingerprint density at radius 1 is 1.06 bits per heavy atom. The van der Waals surface area contributed by atoms with Crippen molar-refractivity contribution in [3.63, 3.8) is 0 Å². The number of hydrogen-bond donors (Lipinski definition) is 1. The molecule has 0 bridgehead atoms. The predicted molar refractivity (Wildman–Crippen MR) is 71.8 cm³/mol. The smallest absolute Gasteiger partial charge is 0.225 e. The molecule has 0 radical (unpaired) electrons. The van der Waals surface area contributed by atoms with Gasteiger partial charge in [0.2, 0.25) is 5.95 Å². The van der Waals surface area contributed by atoms with Crippen LogP contribution in [0.1, 0.15) is 33.3 Å². The van der Waals surface area contributed by atoms with E-state index in [1.165, 1.54) is 0 Å². The highest BCUT2D eigenvalue weighted by Gasteiger charge is 2.12. The van der Waals surface area contributed by atoms with E-state index in [0.29, 0.717) is 18.4 Å². The molecular weight excluding hydrogens is 212 g/mol. The quantitative estimate of drug-likeness (QED) is 0.821. The molecule has 4 heteroatoms. The van der Waals surface area contributed by atoms with Gasteiger partial charge in [-0.05, 0) is 11.8 Å². The Kier molecular flexibility index (Phi) is 5.35. The molecule has 96 valence electrons. The maximum absolute atomic E-state index is 5.54. The van der Waals surface area contributed by atoms with Crippen LogP contribution in [0.2, 0.25) is 0 Å². The van der Waals surface area contributed by atoms with Crippen LogP contribution >= 0.6 is 0 Å². The Balaban J connectivity index is 2.79. The molecule has 1 aromatic heterocycles. The Bertz CT molecular complexity index is 309. The maximum Gasteiger partial charge on any atom is 0.225 e. The largest absolute Gasteiger partial charge is 0.340 e. The minimum Gasteiger partial charge on any atom is -0.340 e. The molecule has 1 rings (SSSR count). The summed E-state index contributed by atoms with van der Waals surface area (Å²) in [4.78, 5) is 11.0. The highest BCUT2D eigenvalue weighted by Crippen LogP contribution is 2.12. The van der Waals surface area contributed by atoms with Crippen molar-refractivity contribution in [1.29, 1.82) is 0 Å². The lowest BCUT2D eigenvalue weighted by atomic mass is 10.1. The van der Waals surface area contributed by atoms with Crippen LogP contribution in [0.4, 0.5) is 5.95 Å². The van der Waals surface area contributed by atoms with Gasteiger partial charge in [0.25, 0.3) is 0 Å². The minimum atomic E-state index is 0.495. The standard InChI is InChI=1S/C13H24N4/c1-10(2)8-17(9-11(3)4)13-15-6-12(5-14)7-16-13/h6-7,10-11H,5,8-9,14H2,1-4H3. The van der Waals surface area contributed by atoms with E-state index >= 15 is 0 Å². The Morgan fingerprint density at radius 2 is 1.53 bits per heavy atom. The molecule has 2 N–H and O–H groups in total. The van der Waals surface area contributed by atoms with Crippen molar-refractivity contribution in [2.45, 2.75) is 34.2 Å². The first kappa shape index (κ1) is 13.9. The molecule has 0 unspecified atom stereocenters. The summed E-state index contributed by atoms with van der Waals surface area (Å²) in [5, 5.41) is 0. The molecule has 1 aromatic rings. The monoisotopic (exact) mass is 236 g/mol. The third-order valence-corrected chi connectivity index (χ3v) is 2.38. The second-order valence-corrected chi connectivity index (χ2v) is 5.29. The van der Waals surface area contributed by atoms with Gasteiger partial charge in [-0.15, -0.1) is 0 Å². The van der Waals surface area contributed by atoms with Gasteiger partial charge in [-0.25, -0.2) is 9.97 Å². The average Bonchev–Trinajstić information content (AvgIpc) is 2.27. The fourth-order valence-corrected chi connectivity index (χ4v) is 1.74. The van der Waals surface area contributed by atoms with Crippen LogP contribution in [0.15, 0.2) is 12.4 Å². The molecular formula is C13H24N4. The van der Waals surface area contributed by atoms with Gasteiger partial charge in [-0.2, -0.15) is 0 Å². The van der Waals surface area contributed by atoms with Crippen LogP contribution in [-0.4, -0.2) is 23.1 Å². The van der Waals surface area contributed by atoms with Gasteiger partial charge in [-0.3, -0.25) is 0 Å². The summed E-state index contributed by atoms with van der Waals surface area (Å²) in [6.45, 7) is 11.3. The summed E-state index contributed by atoms with van der Waals surface area (Å²) >= 11 is 0. The zero-order valence-electron chi connectivity index (χ0n) is 11.3. The minimum absolute atomic E-state index is 0.495. The second kappa shape index (κ2) is 6.55. The lowest BCUT2D eigenvalue weighted by Crippen LogP contribution is -2.32. The third kappa shape index (κ3) is 4.69. The molecule has 0 saturated carbocycles.